The molecule has 1 aromatic carbocycles. The number of halogens is 3. The van der Waals surface area contributed by atoms with Crippen LogP contribution in [-0.2, 0) is 9.53 Å². The average molecular weight is 397 g/mol. The molecule has 0 radical (unpaired) electrons. The van der Waals surface area contributed by atoms with Crippen LogP contribution < -0.4 is 10.2 Å². The Morgan fingerprint density at radius 3 is 2.54 bits per heavy atom. The number of nitrogens with one attached hydrogen (secondary N) is 1. The smallest absolute Gasteiger partial charge is 0.225 e. The van der Waals surface area contributed by atoms with Gasteiger partial charge in [-0.2, -0.15) is 0 Å². The number of rotatable bonds is 3. The lowest BCUT2D eigenvalue weighted by atomic mass is 10.2. The fraction of sp³-hybridized carbons (Fsp3) is 0.562. The van der Waals surface area contributed by atoms with Gasteiger partial charge in [0.15, 0.2) is 0 Å². The van der Waals surface area contributed by atoms with E-state index < -0.39 is 0 Å². The van der Waals surface area contributed by atoms with Crippen LogP contribution in [0.5, 0.6) is 0 Å². The first-order valence-electron chi connectivity index (χ1n) is 7.83. The third kappa shape index (κ3) is 5.39. The van der Waals surface area contributed by atoms with Gasteiger partial charge < -0.3 is 19.9 Å². The molecule has 2 aliphatic rings. The van der Waals surface area contributed by atoms with E-state index in [-0.39, 0.29) is 36.8 Å². The fourth-order valence-corrected chi connectivity index (χ4v) is 3.23. The summed E-state index contributed by atoms with van der Waals surface area (Å²) in [5.74, 6) is 0.188. The van der Waals surface area contributed by atoms with Crippen LogP contribution in [0.15, 0.2) is 24.3 Å². The van der Waals surface area contributed by atoms with Gasteiger partial charge in [-0.25, -0.2) is 0 Å². The van der Waals surface area contributed by atoms with E-state index in [1.807, 2.05) is 29.2 Å². The molecule has 24 heavy (non-hydrogen) atoms. The molecule has 2 aliphatic heterocycles. The molecule has 1 aromatic rings. The van der Waals surface area contributed by atoms with Crippen molar-refractivity contribution < 1.29 is 9.53 Å². The lowest BCUT2D eigenvalue weighted by molar-refractivity contribution is -0.135. The van der Waals surface area contributed by atoms with Crippen LogP contribution in [0.4, 0.5) is 5.69 Å². The molecule has 0 spiro atoms. The Bertz CT molecular complexity index is 519. The predicted molar refractivity (Wildman–Crippen MR) is 102 cm³/mol. The maximum absolute atomic E-state index is 12.4. The van der Waals surface area contributed by atoms with Gasteiger partial charge in [0.25, 0.3) is 0 Å². The molecular formula is C16H24Cl3N3O2. The highest BCUT2D eigenvalue weighted by Gasteiger charge is 2.25. The number of ether oxygens (including phenoxy) is 1. The maximum atomic E-state index is 12.4. The van der Waals surface area contributed by atoms with Gasteiger partial charge in [-0.3, -0.25) is 4.79 Å². The minimum atomic E-state index is 0. The summed E-state index contributed by atoms with van der Waals surface area (Å²) >= 11 is 6.24. The Kier molecular flexibility index (Phi) is 9.16. The zero-order valence-corrected chi connectivity index (χ0v) is 15.8. The summed E-state index contributed by atoms with van der Waals surface area (Å²) in [7, 11) is 0. The first-order chi connectivity index (χ1) is 10.7. The minimum absolute atomic E-state index is 0. The normalized spacial score (nSPS) is 20.8. The van der Waals surface area contributed by atoms with Crippen LogP contribution in [0, 0.1) is 0 Å². The maximum Gasteiger partial charge on any atom is 0.225 e. The van der Waals surface area contributed by atoms with E-state index in [9.17, 15) is 4.79 Å². The van der Waals surface area contributed by atoms with Crippen molar-refractivity contribution in [3.63, 3.8) is 0 Å². The lowest BCUT2D eigenvalue weighted by Gasteiger charge is -2.37. The number of carbonyl (C=O) groups is 1. The lowest BCUT2D eigenvalue weighted by Crippen LogP contribution is -2.50. The van der Waals surface area contributed by atoms with Crippen molar-refractivity contribution in [3.8, 4) is 0 Å². The van der Waals surface area contributed by atoms with Gasteiger partial charge in [0.05, 0.1) is 29.8 Å². The molecule has 2 saturated heterocycles. The number of piperazine rings is 1. The number of carbonyl (C=O) groups excluding carboxylic acids is 1. The van der Waals surface area contributed by atoms with Gasteiger partial charge in [-0.15, -0.1) is 24.8 Å². The molecule has 1 N–H and O–H groups in total. The second kappa shape index (κ2) is 10.3. The molecule has 2 heterocycles. The Morgan fingerprint density at radius 2 is 1.92 bits per heavy atom. The van der Waals surface area contributed by atoms with E-state index in [0.29, 0.717) is 13.0 Å². The van der Waals surface area contributed by atoms with Crippen molar-refractivity contribution in [2.75, 3.05) is 50.8 Å². The van der Waals surface area contributed by atoms with Crippen molar-refractivity contribution in [3.05, 3.63) is 29.3 Å². The number of benzene rings is 1. The van der Waals surface area contributed by atoms with Crippen molar-refractivity contribution in [1.29, 1.82) is 0 Å². The Balaban J connectivity index is 0.00000144. The van der Waals surface area contributed by atoms with Crippen LogP contribution in [0.2, 0.25) is 5.02 Å². The van der Waals surface area contributed by atoms with Crippen molar-refractivity contribution in [2.24, 2.45) is 0 Å². The van der Waals surface area contributed by atoms with Crippen molar-refractivity contribution >= 4 is 48.0 Å². The van der Waals surface area contributed by atoms with E-state index in [4.69, 9.17) is 16.3 Å². The molecular weight excluding hydrogens is 373 g/mol. The molecule has 8 heteroatoms. The van der Waals surface area contributed by atoms with Gasteiger partial charge in [-0.05, 0) is 12.1 Å². The molecule has 1 atom stereocenters. The average Bonchev–Trinajstić information content (AvgIpc) is 2.56. The summed E-state index contributed by atoms with van der Waals surface area (Å²) in [5, 5.41) is 4.03. The molecule has 2 fully saturated rings. The molecule has 0 saturated carbocycles. The number of hydrogen-bond donors (Lipinski definition) is 1. The number of morpholine rings is 1. The van der Waals surface area contributed by atoms with Crippen LogP contribution in [0.1, 0.15) is 6.42 Å². The van der Waals surface area contributed by atoms with E-state index in [1.165, 1.54) is 0 Å². The summed E-state index contributed by atoms with van der Waals surface area (Å²) in [6.45, 7) is 5.46. The van der Waals surface area contributed by atoms with Gasteiger partial charge in [0.1, 0.15) is 0 Å². The van der Waals surface area contributed by atoms with Crippen LogP contribution >= 0.6 is 36.4 Å². The molecule has 5 nitrogen and oxygen atoms in total. The number of hydrogen-bond acceptors (Lipinski definition) is 4. The van der Waals surface area contributed by atoms with Crippen LogP contribution in [0.25, 0.3) is 0 Å². The molecule has 0 bridgehead atoms. The standard InChI is InChI=1S/C16H22ClN3O2.2ClH/c17-14-3-1-2-4-15(14)19-6-8-20(9-7-19)16(21)11-13-12-18-5-10-22-13;;/h1-4,13,18H,5-12H2;2*1H. The van der Waals surface area contributed by atoms with Crippen molar-refractivity contribution in [2.45, 2.75) is 12.5 Å². The molecule has 1 amide bonds. The van der Waals surface area contributed by atoms with Gasteiger partial charge in [-0.1, -0.05) is 23.7 Å². The van der Waals surface area contributed by atoms with E-state index in [1.54, 1.807) is 0 Å². The summed E-state index contributed by atoms with van der Waals surface area (Å²) in [4.78, 5) is 16.5. The Hall–Kier alpha value is -0.720. The van der Waals surface area contributed by atoms with Crippen molar-refractivity contribution in [1.82, 2.24) is 10.2 Å². The summed E-state index contributed by atoms with van der Waals surface area (Å²) in [5.41, 5.74) is 1.05. The third-order valence-electron chi connectivity index (χ3n) is 4.23. The third-order valence-corrected chi connectivity index (χ3v) is 4.55. The van der Waals surface area contributed by atoms with Crippen LogP contribution in [0.3, 0.4) is 0 Å². The van der Waals surface area contributed by atoms with Crippen LogP contribution in [-0.4, -0.2) is 62.8 Å². The fourth-order valence-electron chi connectivity index (χ4n) is 2.98. The second-order valence-electron chi connectivity index (χ2n) is 5.72. The highest BCUT2D eigenvalue weighted by Crippen LogP contribution is 2.26. The zero-order valence-electron chi connectivity index (χ0n) is 13.4. The summed E-state index contributed by atoms with van der Waals surface area (Å²) < 4.78 is 5.61. The van der Waals surface area contributed by atoms with Gasteiger partial charge in [0, 0.05) is 39.3 Å². The summed E-state index contributed by atoms with van der Waals surface area (Å²) in [6.07, 6.45) is 0.488. The van der Waals surface area contributed by atoms with E-state index >= 15 is 0 Å². The largest absolute Gasteiger partial charge is 0.375 e. The monoisotopic (exact) mass is 395 g/mol. The number of nitrogens with zero attached hydrogens (tertiary/aromatic N) is 2. The van der Waals surface area contributed by atoms with E-state index in [2.05, 4.69) is 10.2 Å². The molecule has 3 rings (SSSR count). The first kappa shape index (κ1) is 21.3. The van der Waals surface area contributed by atoms with Gasteiger partial charge >= 0.3 is 0 Å². The quantitative estimate of drug-likeness (QED) is 0.851. The highest BCUT2D eigenvalue weighted by atomic mass is 35.5. The predicted octanol–water partition coefficient (Wildman–Crippen LogP) is 2.21. The molecule has 136 valence electrons. The number of para-hydroxylation sites is 1. The minimum Gasteiger partial charge on any atom is -0.375 e. The molecule has 1 unspecified atom stereocenters. The summed E-state index contributed by atoms with van der Waals surface area (Å²) in [6, 6.07) is 7.86. The SMILES string of the molecule is Cl.Cl.O=C(CC1CNCCO1)N1CCN(c2ccccc2Cl)CC1. The highest BCUT2D eigenvalue weighted by molar-refractivity contribution is 6.33. The number of amides is 1. The Morgan fingerprint density at radius 1 is 1.21 bits per heavy atom. The first-order valence-corrected chi connectivity index (χ1v) is 8.21. The second-order valence-corrected chi connectivity index (χ2v) is 6.13. The molecule has 0 aromatic heterocycles. The topological polar surface area (TPSA) is 44.8 Å². The van der Waals surface area contributed by atoms with Gasteiger partial charge in [0.2, 0.25) is 5.91 Å². The number of anilines is 1. The zero-order chi connectivity index (χ0) is 15.4. The molecule has 0 aliphatic carbocycles. The Labute approximate surface area is 160 Å². The van der Waals surface area contributed by atoms with E-state index in [0.717, 1.165) is 50.0 Å².